The smallest absolute Gasteiger partial charge is 0.316 e. The summed E-state index contributed by atoms with van der Waals surface area (Å²) in [6.45, 7) is 9.57. The normalized spacial score (nSPS) is 10.9. The minimum absolute atomic E-state index is 0.332. The Bertz CT molecular complexity index is 883. The van der Waals surface area contributed by atoms with Crippen molar-refractivity contribution in [3.8, 4) is 28.7 Å². The lowest BCUT2D eigenvalue weighted by atomic mass is 9.97. The van der Waals surface area contributed by atoms with Crippen molar-refractivity contribution >= 4 is 11.5 Å². The molecule has 0 aromatic heterocycles. The molecule has 2 rings (SSSR count). The van der Waals surface area contributed by atoms with Gasteiger partial charge in [-0.3, -0.25) is 4.79 Å². The topological polar surface area (TPSA) is 63.2 Å². The Kier molecular flexibility index (Phi) is 6.80. The van der Waals surface area contributed by atoms with E-state index in [0.717, 1.165) is 11.1 Å². The summed E-state index contributed by atoms with van der Waals surface area (Å²) in [5.41, 5.74) is 1.59. The molecule has 0 aliphatic carbocycles. The lowest BCUT2D eigenvalue weighted by molar-refractivity contribution is -0.143. The molecule has 0 heterocycles. The summed E-state index contributed by atoms with van der Waals surface area (Å²) in [4.78, 5) is 12.3. The van der Waals surface area contributed by atoms with E-state index >= 15 is 0 Å². The van der Waals surface area contributed by atoms with Crippen LogP contribution in [0.25, 0.3) is 5.57 Å². The molecule has 156 valence electrons. The van der Waals surface area contributed by atoms with Crippen LogP contribution >= 0.6 is 0 Å². The molecule has 0 saturated heterocycles. The van der Waals surface area contributed by atoms with Crippen LogP contribution in [0.5, 0.6) is 28.7 Å². The van der Waals surface area contributed by atoms with Crippen LogP contribution in [0.2, 0.25) is 0 Å². The molecule has 0 fully saturated rings. The number of methoxy groups -OCH3 is 4. The first-order valence-corrected chi connectivity index (χ1v) is 9.06. The van der Waals surface area contributed by atoms with Gasteiger partial charge in [-0.2, -0.15) is 0 Å². The summed E-state index contributed by atoms with van der Waals surface area (Å²) < 4.78 is 27.1. The van der Waals surface area contributed by atoms with Crippen LogP contribution in [-0.2, 0) is 4.79 Å². The van der Waals surface area contributed by atoms with Crippen molar-refractivity contribution in [3.63, 3.8) is 0 Å². The number of benzene rings is 2. The number of ether oxygens (including phenoxy) is 5. The van der Waals surface area contributed by atoms with Crippen LogP contribution < -0.4 is 23.7 Å². The fourth-order valence-electron chi connectivity index (χ4n) is 2.62. The van der Waals surface area contributed by atoms with Crippen LogP contribution in [0, 0.1) is 5.41 Å². The second kappa shape index (κ2) is 8.90. The second-order valence-electron chi connectivity index (χ2n) is 7.40. The van der Waals surface area contributed by atoms with Gasteiger partial charge in [0.2, 0.25) is 5.75 Å². The van der Waals surface area contributed by atoms with Gasteiger partial charge < -0.3 is 23.7 Å². The molecule has 0 aliphatic heterocycles. The number of carbonyl (C=O) groups excluding carboxylic acids is 1. The van der Waals surface area contributed by atoms with E-state index in [2.05, 4.69) is 6.58 Å². The largest absolute Gasteiger partial charge is 0.493 e. The van der Waals surface area contributed by atoms with Crippen molar-refractivity contribution in [2.45, 2.75) is 20.8 Å². The molecule has 2 aromatic rings. The van der Waals surface area contributed by atoms with Crippen LogP contribution in [0.4, 0.5) is 0 Å². The quantitative estimate of drug-likeness (QED) is 0.494. The molecule has 29 heavy (non-hydrogen) atoms. The molecule has 2 aromatic carbocycles. The van der Waals surface area contributed by atoms with E-state index in [1.807, 2.05) is 18.2 Å². The molecule has 0 unspecified atom stereocenters. The summed E-state index contributed by atoms with van der Waals surface area (Å²) in [6.07, 6.45) is 0. The predicted molar refractivity (Wildman–Crippen MR) is 112 cm³/mol. The highest BCUT2D eigenvalue weighted by Crippen LogP contribution is 2.41. The van der Waals surface area contributed by atoms with Crippen molar-refractivity contribution in [1.29, 1.82) is 0 Å². The Balaban J connectivity index is 2.48. The molecule has 0 spiro atoms. The van der Waals surface area contributed by atoms with E-state index in [4.69, 9.17) is 23.7 Å². The highest BCUT2D eigenvalue weighted by atomic mass is 16.6. The predicted octanol–water partition coefficient (Wildman–Crippen LogP) is 4.73. The molecule has 0 saturated carbocycles. The van der Waals surface area contributed by atoms with Crippen LogP contribution in [0.1, 0.15) is 31.9 Å². The zero-order valence-corrected chi connectivity index (χ0v) is 18.0. The van der Waals surface area contributed by atoms with Gasteiger partial charge in [0.25, 0.3) is 0 Å². The van der Waals surface area contributed by atoms with E-state index in [-0.39, 0.29) is 5.97 Å². The van der Waals surface area contributed by atoms with E-state index in [1.54, 1.807) is 54.2 Å². The zero-order valence-electron chi connectivity index (χ0n) is 18.0. The van der Waals surface area contributed by atoms with Crippen molar-refractivity contribution in [1.82, 2.24) is 0 Å². The first-order chi connectivity index (χ1) is 13.7. The van der Waals surface area contributed by atoms with E-state index in [0.29, 0.717) is 34.3 Å². The zero-order chi connectivity index (χ0) is 21.8. The monoisotopic (exact) mass is 400 g/mol. The third kappa shape index (κ3) is 4.83. The lowest BCUT2D eigenvalue weighted by Gasteiger charge is -2.19. The molecule has 0 N–H and O–H groups in total. The number of hydrogen-bond acceptors (Lipinski definition) is 6. The fourth-order valence-corrected chi connectivity index (χ4v) is 2.62. The maximum absolute atomic E-state index is 12.3. The van der Waals surface area contributed by atoms with Crippen LogP contribution in [0.15, 0.2) is 36.9 Å². The van der Waals surface area contributed by atoms with Crippen LogP contribution in [0.3, 0.4) is 0 Å². The maximum Gasteiger partial charge on any atom is 0.316 e. The summed E-state index contributed by atoms with van der Waals surface area (Å²) in [7, 11) is 6.19. The minimum atomic E-state index is -0.644. The fraction of sp³-hybridized carbons (Fsp3) is 0.348. The average molecular weight is 400 g/mol. The highest BCUT2D eigenvalue weighted by Gasteiger charge is 2.25. The highest BCUT2D eigenvalue weighted by molar-refractivity contribution is 5.83. The summed E-state index contributed by atoms with van der Waals surface area (Å²) in [5.74, 6) is 1.99. The maximum atomic E-state index is 12.3. The van der Waals surface area contributed by atoms with Gasteiger partial charge in [0.05, 0.1) is 33.9 Å². The van der Waals surface area contributed by atoms with Gasteiger partial charge in [-0.1, -0.05) is 12.6 Å². The van der Waals surface area contributed by atoms with Crippen LogP contribution in [-0.4, -0.2) is 34.4 Å². The summed E-state index contributed by atoms with van der Waals surface area (Å²) in [5, 5.41) is 0. The minimum Gasteiger partial charge on any atom is -0.493 e. The lowest BCUT2D eigenvalue weighted by Crippen LogP contribution is -2.25. The van der Waals surface area contributed by atoms with Gasteiger partial charge in [-0.05, 0) is 61.7 Å². The molecule has 6 heteroatoms. The number of hydrogen-bond donors (Lipinski definition) is 0. The molecular weight excluding hydrogens is 372 g/mol. The van der Waals surface area contributed by atoms with E-state index < -0.39 is 5.41 Å². The standard InChI is InChI=1S/C23H28O6/c1-14(16-12-19(26-6)21(28-8)20(13-16)27-7)15-9-10-17(25-5)18(11-15)29-22(24)23(2,3)4/h9-13H,1H2,2-8H3. The van der Waals surface area contributed by atoms with Gasteiger partial charge in [-0.25, -0.2) is 0 Å². The SMILES string of the molecule is C=C(c1ccc(OC)c(OC(=O)C(C)(C)C)c1)c1cc(OC)c(OC)c(OC)c1. The molecule has 6 nitrogen and oxygen atoms in total. The Hall–Kier alpha value is -3.15. The van der Waals surface area contributed by atoms with Crippen molar-refractivity contribution in [2.24, 2.45) is 5.41 Å². The molecule has 0 amide bonds. The Morgan fingerprint density at radius 2 is 1.28 bits per heavy atom. The Morgan fingerprint density at radius 3 is 1.72 bits per heavy atom. The van der Waals surface area contributed by atoms with Crippen molar-refractivity contribution < 1.29 is 28.5 Å². The summed E-state index contributed by atoms with van der Waals surface area (Å²) >= 11 is 0. The molecule has 0 atom stereocenters. The van der Waals surface area contributed by atoms with Gasteiger partial charge in [0.15, 0.2) is 23.0 Å². The third-order valence-corrected chi connectivity index (χ3v) is 4.34. The van der Waals surface area contributed by atoms with Crippen molar-refractivity contribution in [3.05, 3.63) is 48.0 Å². The van der Waals surface area contributed by atoms with Gasteiger partial charge in [0.1, 0.15) is 0 Å². The third-order valence-electron chi connectivity index (χ3n) is 4.34. The summed E-state index contributed by atoms with van der Waals surface area (Å²) in [6, 6.07) is 8.94. The average Bonchev–Trinajstić information content (AvgIpc) is 2.71. The molecule has 0 radical (unpaired) electrons. The first kappa shape index (κ1) is 22.1. The number of carbonyl (C=O) groups is 1. The molecule has 0 aliphatic rings. The molecular formula is C23H28O6. The van der Waals surface area contributed by atoms with Gasteiger partial charge in [-0.15, -0.1) is 0 Å². The second-order valence-corrected chi connectivity index (χ2v) is 7.40. The first-order valence-electron chi connectivity index (χ1n) is 9.06. The van der Waals surface area contributed by atoms with Gasteiger partial charge >= 0.3 is 5.97 Å². The Labute approximate surface area is 172 Å². The van der Waals surface area contributed by atoms with Gasteiger partial charge in [0, 0.05) is 0 Å². The molecule has 0 bridgehead atoms. The van der Waals surface area contributed by atoms with E-state index in [1.165, 1.54) is 7.11 Å². The number of rotatable bonds is 7. The van der Waals surface area contributed by atoms with E-state index in [9.17, 15) is 4.79 Å². The Morgan fingerprint density at radius 1 is 0.759 bits per heavy atom. The number of esters is 1. The van der Waals surface area contributed by atoms with Crippen molar-refractivity contribution in [2.75, 3.05) is 28.4 Å².